The molecule has 1 aromatic carbocycles. The molecule has 1 heterocycles. The molecule has 2 nitrogen and oxygen atoms in total. The summed E-state index contributed by atoms with van der Waals surface area (Å²) < 4.78 is 0. The molecule has 0 aliphatic rings. The van der Waals surface area contributed by atoms with Gasteiger partial charge in [0.15, 0.2) is 0 Å². The standard InChI is InChI=1S/C10H10N2S/c11-7-3-4-9(12)8(6-7)10-2-1-5-13-10/h1-6H,11-12H2. The first-order chi connectivity index (χ1) is 6.27. The number of hydrogen-bond donors (Lipinski definition) is 2. The minimum Gasteiger partial charge on any atom is -0.399 e. The minimum absolute atomic E-state index is 0.748. The third-order valence-electron chi connectivity index (χ3n) is 1.86. The van der Waals surface area contributed by atoms with Crippen molar-refractivity contribution < 1.29 is 0 Å². The van der Waals surface area contributed by atoms with E-state index >= 15 is 0 Å². The maximum absolute atomic E-state index is 5.83. The summed E-state index contributed by atoms with van der Waals surface area (Å²) in [7, 11) is 0. The Hall–Kier alpha value is -1.48. The number of benzene rings is 1. The van der Waals surface area contributed by atoms with Crippen molar-refractivity contribution in [3.8, 4) is 10.4 Å². The molecular formula is C10H10N2S. The van der Waals surface area contributed by atoms with E-state index in [-0.39, 0.29) is 0 Å². The van der Waals surface area contributed by atoms with E-state index in [0.717, 1.165) is 21.8 Å². The van der Waals surface area contributed by atoms with Crippen LogP contribution in [0.3, 0.4) is 0 Å². The lowest BCUT2D eigenvalue weighted by Gasteiger charge is -2.03. The van der Waals surface area contributed by atoms with E-state index in [4.69, 9.17) is 11.5 Å². The maximum atomic E-state index is 5.83. The minimum atomic E-state index is 0.748. The summed E-state index contributed by atoms with van der Waals surface area (Å²) in [5.74, 6) is 0. The van der Waals surface area contributed by atoms with Crippen LogP contribution < -0.4 is 11.5 Å². The zero-order valence-corrected chi connectivity index (χ0v) is 7.84. The Morgan fingerprint density at radius 3 is 2.62 bits per heavy atom. The van der Waals surface area contributed by atoms with Crippen LogP contribution in [0.15, 0.2) is 35.7 Å². The van der Waals surface area contributed by atoms with Crippen LogP contribution in [0.25, 0.3) is 10.4 Å². The number of nitrogen functional groups attached to an aromatic ring is 2. The quantitative estimate of drug-likeness (QED) is 0.679. The lowest BCUT2D eigenvalue weighted by atomic mass is 10.1. The molecule has 0 aliphatic carbocycles. The highest BCUT2D eigenvalue weighted by molar-refractivity contribution is 7.13. The van der Waals surface area contributed by atoms with Crippen molar-refractivity contribution in [2.24, 2.45) is 0 Å². The molecule has 1 aromatic heterocycles. The maximum Gasteiger partial charge on any atom is 0.0403 e. The lowest BCUT2D eigenvalue weighted by Crippen LogP contribution is -1.91. The Labute approximate surface area is 80.8 Å². The second-order valence-corrected chi connectivity index (χ2v) is 3.77. The van der Waals surface area contributed by atoms with Crippen molar-refractivity contribution >= 4 is 22.7 Å². The molecular weight excluding hydrogens is 180 g/mol. The smallest absolute Gasteiger partial charge is 0.0403 e. The van der Waals surface area contributed by atoms with Crippen LogP contribution in [0.5, 0.6) is 0 Å². The fourth-order valence-corrected chi connectivity index (χ4v) is 1.98. The number of nitrogens with two attached hydrogens (primary N) is 2. The van der Waals surface area contributed by atoms with Crippen molar-refractivity contribution in [3.05, 3.63) is 35.7 Å². The van der Waals surface area contributed by atoms with Crippen LogP contribution in [0, 0.1) is 0 Å². The highest BCUT2D eigenvalue weighted by atomic mass is 32.1. The average Bonchev–Trinajstić information content (AvgIpc) is 2.61. The Kier molecular flexibility index (Phi) is 1.94. The zero-order chi connectivity index (χ0) is 9.26. The first kappa shape index (κ1) is 8.13. The highest BCUT2D eigenvalue weighted by Crippen LogP contribution is 2.31. The van der Waals surface area contributed by atoms with E-state index in [1.807, 2.05) is 35.7 Å². The molecule has 0 unspecified atom stereocenters. The molecule has 0 radical (unpaired) electrons. The van der Waals surface area contributed by atoms with Crippen LogP contribution >= 0.6 is 11.3 Å². The summed E-state index contributed by atoms with van der Waals surface area (Å²) >= 11 is 1.66. The monoisotopic (exact) mass is 190 g/mol. The Balaban J connectivity index is 2.57. The molecule has 0 spiro atoms. The lowest BCUT2D eigenvalue weighted by molar-refractivity contribution is 1.66. The normalized spacial score (nSPS) is 10.2. The number of anilines is 2. The molecule has 2 aromatic rings. The van der Waals surface area contributed by atoms with Crippen LogP contribution in [-0.2, 0) is 0 Å². The van der Waals surface area contributed by atoms with Crippen LogP contribution in [0.4, 0.5) is 11.4 Å². The van der Waals surface area contributed by atoms with Crippen molar-refractivity contribution in [1.82, 2.24) is 0 Å². The van der Waals surface area contributed by atoms with Crippen LogP contribution in [0.1, 0.15) is 0 Å². The van der Waals surface area contributed by atoms with Gasteiger partial charge in [0.2, 0.25) is 0 Å². The molecule has 13 heavy (non-hydrogen) atoms. The first-order valence-electron chi connectivity index (χ1n) is 3.96. The molecule has 0 bridgehead atoms. The van der Waals surface area contributed by atoms with Gasteiger partial charge in [0.25, 0.3) is 0 Å². The number of hydrogen-bond acceptors (Lipinski definition) is 3. The van der Waals surface area contributed by atoms with E-state index in [1.165, 1.54) is 0 Å². The molecule has 0 aliphatic heterocycles. The number of thiophene rings is 1. The van der Waals surface area contributed by atoms with Gasteiger partial charge in [-0.25, -0.2) is 0 Å². The van der Waals surface area contributed by atoms with E-state index in [2.05, 4.69) is 0 Å². The summed E-state index contributed by atoms with van der Waals surface area (Å²) in [6.45, 7) is 0. The molecule has 0 amide bonds. The van der Waals surface area contributed by atoms with E-state index < -0.39 is 0 Å². The molecule has 0 saturated carbocycles. The van der Waals surface area contributed by atoms with Gasteiger partial charge in [-0.15, -0.1) is 11.3 Å². The van der Waals surface area contributed by atoms with Crippen LogP contribution in [-0.4, -0.2) is 0 Å². The predicted octanol–water partition coefficient (Wildman–Crippen LogP) is 2.58. The molecule has 0 saturated heterocycles. The SMILES string of the molecule is Nc1ccc(N)c(-c2cccs2)c1. The molecule has 4 N–H and O–H groups in total. The van der Waals surface area contributed by atoms with Gasteiger partial charge in [-0.1, -0.05) is 6.07 Å². The summed E-state index contributed by atoms with van der Waals surface area (Å²) in [6.07, 6.45) is 0. The van der Waals surface area contributed by atoms with Gasteiger partial charge >= 0.3 is 0 Å². The summed E-state index contributed by atoms with van der Waals surface area (Å²) in [5, 5.41) is 2.03. The molecule has 0 fully saturated rings. The fraction of sp³-hybridized carbons (Fsp3) is 0. The predicted molar refractivity (Wildman–Crippen MR) is 58.6 cm³/mol. The summed E-state index contributed by atoms with van der Waals surface area (Å²) in [5.41, 5.74) is 14.1. The fourth-order valence-electron chi connectivity index (χ4n) is 1.22. The van der Waals surface area contributed by atoms with Crippen molar-refractivity contribution in [1.29, 1.82) is 0 Å². The summed E-state index contributed by atoms with van der Waals surface area (Å²) in [4.78, 5) is 1.16. The first-order valence-corrected chi connectivity index (χ1v) is 4.84. The van der Waals surface area contributed by atoms with Gasteiger partial charge in [0.05, 0.1) is 0 Å². The van der Waals surface area contributed by atoms with Crippen molar-refractivity contribution in [3.63, 3.8) is 0 Å². The van der Waals surface area contributed by atoms with Gasteiger partial charge in [-0.3, -0.25) is 0 Å². The van der Waals surface area contributed by atoms with E-state index in [0.29, 0.717) is 0 Å². The average molecular weight is 190 g/mol. The largest absolute Gasteiger partial charge is 0.399 e. The zero-order valence-electron chi connectivity index (χ0n) is 7.03. The highest BCUT2D eigenvalue weighted by Gasteiger charge is 2.02. The topological polar surface area (TPSA) is 52.0 Å². The molecule has 2 rings (SSSR count). The van der Waals surface area contributed by atoms with Gasteiger partial charge in [0, 0.05) is 21.8 Å². The van der Waals surface area contributed by atoms with Gasteiger partial charge in [0.1, 0.15) is 0 Å². The molecule has 66 valence electrons. The van der Waals surface area contributed by atoms with Crippen LogP contribution in [0.2, 0.25) is 0 Å². The Morgan fingerprint density at radius 2 is 1.92 bits per heavy atom. The van der Waals surface area contributed by atoms with Crippen molar-refractivity contribution in [2.45, 2.75) is 0 Å². The second-order valence-electron chi connectivity index (χ2n) is 2.82. The molecule has 0 atom stereocenters. The Bertz CT molecular complexity index is 407. The van der Waals surface area contributed by atoms with Gasteiger partial charge in [-0.05, 0) is 29.6 Å². The van der Waals surface area contributed by atoms with E-state index in [9.17, 15) is 0 Å². The van der Waals surface area contributed by atoms with Gasteiger partial charge in [-0.2, -0.15) is 0 Å². The van der Waals surface area contributed by atoms with Crippen molar-refractivity contribution in [2.75, 3.05) is 11.5 Å². The second kappa shape index (κ2) is 3.11. The van der Waals surface area contributed by atoms with E-state index in [1.54, 1.807) is 11.3 Å². The van der Waals surface area contributed by atoms with Gasteiger partial charge < -0.3 is 11.5 Å². The summed E-state index contributed by atoms with van der Waals surface area (Å²) in [6, 6.07) is 9.59. The number of rotatable bonds is 1. The third-order valence-corrected chi connectivity index (χ3v) is 2.77. The Morgan fingerprint density at radius 1 is 1.08 bits per heavy atom. The molecule has 3 heteroatoms. The third kappa shape index (κ3) is 1.51.